The van der Waals surface area contributed by atoms with Gasteiger partial charge in [-0.15, -0.1) is 0 Å². The Hall–Kier alpha value is -2.50. The van der Waals surface area contributed by atoms with E-state index in [-0.39, 0.29) is 23.0 Å². The zero-order valence-electron chi connectivity index (χ0n) is 12.1. The standard InChI is InChI=1S/C13H12O6/c1-7(14)17-9-4-5-10-11(6-9)19-13(16-3)12(10)18-8(2)15/h4-6H,1-3H3/i1D,2D. The minimum Gasteiger partial charge on any atom is -0.466 e. The summed E-state index contributed by atoms with van der Waals surface area (Å²) < 4.78 is 34.1. The van der Waals surface area contributed by atoms with Crippen LogP contribution in [0.5, 0.6) is 17.4 Å². The van der Waals surface area contributed by atoms with Crippen molar-refractivity contribution < 1.29 is 31.0 Å². The van der Waals surface area contributed by atoms with Gasteiger partial charge in [0.2, 0.25) is 5.75 Å². The third-order valence-electron chi connectivity index (χ3n) is 2.22. The lowest BCUT2D eigenvalue weighted by Crippen LogP contribution is -2.02. The molecule has 0 amide bonds. The van der Waals surface area contributed by atoms with Crippen molar-refractivity contribution in [2.45, 2.75) is 13.8 Å². The number of furan rings is 1. The van der Waals surface area contributed by atoms with E-state index in [0.717, 1.165) is 0 Å². The summed E-state index contributed by atoms with van der Waals surface area (Å²) in [4.78, 5) is 22.3. The molecule has 6 nitrogen and oxygen atoms in total. The molecule has 1 aromatic heterocycles. The number of carbonyl (C=O) groups excluding carboxylic acids is 2. The molecular formula is C13H12O6. The zero-order valence-corrected chi connectivity index (χ0v) is 10.1. The van der Waals surface area contributed by atoms with Crippen molar-refractivity contribution in [2.75, 3.05) is 7.11 Å². The van der Waals surface area contributed by atoms with Crippen molar-refractivity contribution >= 4 is 22.9 Å². The van der Waals surface area contributed by atoms with Crippen molar-refractivity contribution in [3.63, 3.8) is 0 Å². The number of benzene rings is 1. The quantitative estimate of drug-likeness (QED) is 0.626. The number of rotatable bonds is 3. The number of carbonyl (C=O) groups is 2. The highest BCUT2D eigenvalue weighted by Gasteiger charge is 2.19. The molecule has 0 spiro atoms. The molecule has 100 valence electrons. The Morgan fingerprint density at radius 2 is 1.95 bits per heavy atom. The van der Waals surface area contributed by atoms with Crippen molar-refractivity contribution in [3.05, 3.63) is 18.2 Å². The zero-order chi connectivity index (χ0) is 15.4. The Balaban J connectivity index is 2.40. The highest BCUT2D eigenvalue weighted by molar-refractivity contribution is 5.90. The lowest BCUT2D eigenvalue weighted by molar-refractivity contribution is -0.132. The maximum Gasteiger partial charge on any atom is 0.330 e. The molecule has 6 heteroatoms. The third kappa shape index (κ3) is 2.67. The van der Waals surface area contributed by atoms with Gasteiger partial charge in [-0.25, -0.2) is 0 Å². The van der Waals surface area contributed by atoms with E-state index in [1.54, 1.807) is 0 Å². The second-order valence-corrected chi connectivity index (χ2v) is 3.53. The molecule has 0 aliphatic rings. The third-order valence-corrected chi connectivity index (χ3v) is 2.22. The predicted octanol–water partition coefficient (Wildman–Crippen LogP) is 2.29. The lowest BCUT2D eigenvalue weighted by atomic mass is 10.2. The molecule has 2 aromatic rings. The van der Waals surface area contributed by atoms with Crippen molar-refractivity contribution in [3.8, 4) is 17.4 Å². The van der Waals surface area contributed by atoms with E-state index >= 15 is 0 Å². The average Bonchev–Trinajstić information content (AvgIpc) is 2.84. The van der Waals surface area contributed by atoms with Gasteiger partial charge in [-0.1, -0.05) is 0 Å². The van der Waals surface area contributed by atoms with Crippen LogP contribution in [0.25, 0.3) is 11.0 Å². The smallest absolute Gasteiger partial charge is 0.330 e. The van der Waals surface area contributed by atoms with Gasteiger partial charge in [0.1, 0.15) is 11.3 Å². The van der Waals surface area contributed by atoms with Crippen molar-refractivity contribution in [1.82, 2.24) is 0 Å². The lowest BCUT2D eigenvalue weighted by Gasteiger charge is -2.01. The van der Waals surface area contributed by atoms with Crippen molar-refractivity contribution in [1.29, 1.82) is 0 Å². The van der Waals surface area contributed by atoms with Gasteiger partial charge in [-0.05, 0) is 12.1 Å². The Bertz CT molecular complexity index is 679. The first-order valence-electron chi connectivity index (χ1n) is 6.60. The van der Waals surface area contributed by atoms with Gasteiger partial charge in [0.25, 0.3) is 0 Å². The Kier molecular flexibility index (Phi) is 2.75. The van der Waals surface area contributed by atoms with Gasteiger partial charge < -0.3 is 18.6 Å². The fraction of sp³-hybridized carbons (Fsp3) is 0.231. The molecule has 0 atom stereocenters. The first kappa shape index (κ1) is 10.4. The molecular weight excluding hydrogens is 252 g/mol. The minimum atomic E-state index is -0.749. The summed E-state index contributed by atoms with van der Waals surface area (Å²) >= 11 is 0. The Morgan fingerprint density at radius 1 is 1.21 bits per heavy atom. The van der Waals surface area contributed by atoms with Gasteiger partial charge in [-0.3, -0.25) is 9.59 Å². The average molecular weight is 266 g/mol. The summed E-state index contributed by atoms with van der Waals surface area (Å²) in [6.45, 7) is -1.03. The van der Waals surface area contributed by atoms with Gasteiger partial charge >= 0.3 is 17.9 Å². The van der Waals surface area contributed by atoms with Crippen LogP contribution < -0.4 is 14.2 Å². The van der Waals surface area contributed by atoms with Gasteiger partial charge in [0, 0.05) is 22.6 Å². The Labute approximate surface area is 111 Å². The predicted molar refractivity (Wildman–Crippen MR) is 65.4 cm³/mol. The van der Waals surface area contributed by atoms with Crippen LogP contribution in [0.4, 0.5) is 0 Å². The van der Waals surface area contributed by atoms with Crippen LogP contribution in [-0.2, 0) is 9.59 Å². The summed E-state index contributed by atoms with van der Waals surface area (Å²) in [5.74, 6) is -1.19. The highest BCUT2D eigenvalue weighted by atomic mass is 16.6. The van der Waals surface area contributed by atoms with Crippen LogP contribution in [-0.4, -0.2) is 19.0 Å². The second-order valence-electron chi connectivity index (χ2n) is 3.53. The summed E-state index contributed by atoms with van der Waals surface area (Å²) in [5, 5.41) is 0.444. The van der Waals surface area contributed by atoms with Crippen LogP contribution in [0.15, 0.2) is 22.6 Å². The number of fused-ring (bicyclic) bond motifs is 1. The molecule has 0 aliphatic carbocycles. The normalized spacial score (nSPS) is 11.6. The molecule has 19 heavy (non-hydrogen) atoms. The number of methoxy groups -OCH3 is 1. The number of esters is 2. The molecule has 1 aromatic carbocycles. The summed E-state index contributed by atoms with van der Waals surface area (Å²) in [6.07, 6.45) is 0. The first-order valence-corrected chi connectivity index (χ1v) is 5.19. The Morgan fingerprint density at radius 3 is 2.63 bits per heavy atom. The van der Waals surface area contributed by atoms with Crippen LogP contribution >= 0.6 is 0 Å². The first-order chi connectivity index (χ1) is 10.1. The van der Waals surface area contributed by atoms with E-state index in [0.29, 0.717) is 5.39 Å². The molecule has 0 unspecified atom stereocenters. The van der Waals surface area contributed by atoms with Gasteiger partial charge in [0.05, 0.1) is 12.5 Å². The van der Waals surface area contributed by atoms with E-state index in [9.17, 15) is 9.59 Å². The molecule has 2 rings (SSSR count). The second kappa shape index (κ2) is 5.01. The van der Waals surface area contributed by atoms with Crippen LogP contribution in [0.2, 0.25) is 0 Å². The number of hydrogen-bond donors (Lipinski definition) is 0. The number of hydrogen-bond acceptors (Lipinski definition) is 6. The topological polar surface area (TPSA) is 75.0 Å². The van der Waals surface area contributed by atoms with E-state index in [4.69, 9.17) is 21.4 Å². The summed E-state index contributed by atoms with van der Waals surface area (Å²) in [6, 6.07) is 4.42. The van der Waals surface area contributed by atoms with E-state index in [1.807, 2.05) is 0 Å². The molecule has 0 saturated carbocycles. The van der Waals surface area contributed by atoms with E-state index in [2.05, 4.69) is 0 Å². The van der Waals surface area contributed by atoms with Crippen LogP contribution in [0.1, 0.15) is 16.5 Å². The molecule has 1 heterocycles. The molecule has 0 N–H and O–H groups in total. The SMILES string of the molecule is [2H]CC(=O)Oc1ccc2c(OC(=O)C[2H])c(OC)oc2c1. The maximum atomic E-state index is 11.2. The fourth-order valence-electron chi connectivity index (χ4n) is 1.57. The highest BCUT2D eigenvalue weighted by Crippen LogP contribution is 2.40. The molecule has 0 fully saturated rings. The maximum absolute atomic E-state index is 11.2. The molecule has 0 aliphatic heterocycles. The largest absolute Gasteiger partial charge is 0.466 e. The fourth-order valence-corrected chi connectivity index (χ4v) is 1.57. The minimum absolute atomic E-state index is 0.0178. The molecule has 0 saturated heterocycles. The molecule has 0 bridgehead atoms. The monoisotopic (exact) mass is 266 g/mol. The van der Waals surface area contributed by atoms with Gasteiger partial charge in [0.15, 0.2) is 0 Å². The summed E-state index contributed by atoms with van der Waals surface area (Å²) in [7, 11) is 1.34. The molecule has 0 radical (unpaired) electrons. The van der Waals surface area contributed by atoms with Crippen LogP contribution in [0, 0.1) is 0 Å². The van der Waals surface area contributed by atoms with E-state index in [1.165, 1.54) is 25.3 Å². The summed E-state index contributed by atoms with van der Waals surface area (Å²) in [5.41, 5.74) is 0.287. The van der Waals surface area contributed by atoms with E-state index < -0.39 is 25.7 Å². The van der Waals surface area contributed by atoms with Gasteiger partial charge in [-0.2, -0.15) is 0 Å². The number of ether oxygens (including phenoxy) is 3. The van der Waals surface area contributed by atoms with Crippen LogP contribution in [0.3, 0.4) is 0 Å². The van der Waals surface area contributed by atoms with Crippen molar-refractivity contribution in [2.24, 2.45) is 0 Å².